The van der Waals surface area contributed by atoms with Crippen molar-refractivity contribution in [2.24, 2.45) is 7.05 Å². The summed E-state index contributed by atoms with van der Waals surface area (Å²) < 4.78 is 25.8. The number of aryl methyl sites for hydroxylation is 1. The molecule has 1 heterocycles. The van der Waals surface area contributed by atoms with Crippen molar-refractivity contribution in [2.75, 3.05) is 5.32 Å². The van der Waals surface area contributed by atoms with E-state index in [4.69, 9.17) is 9.79 Å². The lowest BCUT2D eigenvalue weighted by Gasteiger charge is -2.06. The molecule has 0 atom stereocenters. The number of benzene rings is 2. The fourth-order valence-electron chi connectivity index (χ4n) is 2.75. The summed E-state index contributed by atoms with van der Waals surface area (Å²) >= 11 is 0. The molecule has 0 aliphatic heterocycles. The molecular weight excluding hydrogens is 396 g/mol. The van der Waals surface area contributed by atoms with Crippen LogP contribution in [0.5, 0.6) is 0 Å². The minimum atomic E-state index is -4.13. The van der Waals surface area contributed by atoms with E-state index in [1.807, 2.05) is 0 Å². The van der Waals surface area contributed by atoms with Gasteiger partial charge in [0.25, 0.3) is 0 Å². The van der Waals surface area contributed by atoms with Gasteiger partial charge in [-0.25, -0.2) is 4.39 Å². The van der Waals surface area contributed by atoms with Crippen LogP contribution in [0, 0.1) is 5.82 Å². The Kier molecular flexibility index (Phi) is 6.08. The Morgan fingerprint density at radius 3 is 2.45 bits per heavy atom. The molecule has 0 spiro atoms. The highest BCUT2D eigenvalue weighted by Gasteiger charge is 2.13. The van der Waals surface area contributed by atoms with Crippen LogP contribution in [0.4, 0.5) is 10.1 Å². The van der Waals surface area contributed by atoms with Crippen molar-refractivity contribution in [3.05, 3.63) is 77.9 Å². The second-order valence-corrected chi connectivity index (χ2v) is 8.10. The minimum Gasteiger partial charge on any atom is -0.324 e. The van der Waals surface area contributed by atoms with Gasteiger partial charge in [0, 0.05) is 30.6 Å². The first kappa shape index (κ1) is 20.7. The third-order valence-corrected chi connectivity index (χ3v) is 4.79. The van der Waals surface area contributed by atoms with E-state index in [0.29, 0.717) is 16.9 Å². The van der Waals surface area contributed by atoms with Crippen molar-refractivity contribution >= 4 is 25.3 Å². The van der Waals surface area contributed by atoms with E-state index in [1.54, 1.807) is 60.4 Å². The van der Waals surface area contributed by atoms with E-state index in [0.717, 1.165) is 11.1 Å². The molecule has 7 nitrogen and oxygen atoms in total. The lowest BCUT2D eigenvalue weighted by atomic mass is 10.1. The molecule has 0 radical (unpaired) electrons. The smallest absolute Gasteiger partial charge is 0.324 e. The summed E-state index contributed by atoms with van der Waals surface area (Å²) in [5.74, 6) is -0.718. The Balaban J connectivity index is 1.70. The topological polar surface area (TPSA) is 104 Å². The Morgan fingerprint density at radius 1 is 1.17 bits per heavy atom. The number of nitrogens with zero attached hydrogens (tertiary/aromatic N) is 2. The van der Waals surface area contributed by atoms with Gasteiger partial charge in [0.05, 0.1) is 11.9 Å². The summed E-state index contributed by atoms with van der Waals surface area (Å²) in [5, 5.41) is 6.99. The number of carbonyl (C=O) groups excluding carboxylic acids is 1. The van der Waals surface area contributed by atoms with Crippen molar-refractivity contribution in [2.45, 2.75) is 6.16 Å². The quantitative estimate of drug-likeness (QED) is 0.422. The minimum absolute atomic E-state index is 0.332. The molecule has 3 aromatic rings. The Hall–Kier alpha value is -3.06. The van der Waals surface area contributed by atoms with Crippen LogP contribution in [0.25, 0.3) is 17.2 Å². The first-order valence-corrected chi connectivity index (χ1v) is 10.4. The van der Waals surface area contributed by atoms with Crippen LogP contribution in [-0.4, -0.2) is 25.5 Å². The normalized spacial score (nSPS) is 11.7. The second kappa shape index (κ2) is 8.53. The van der Waals surface area contributed by atoms with Crippen LogP contribution in [0.3, 0.4) is 0 Å². The molecule has 2 aromatic carbocycles. The van der Waals surface area contributed by atoms with Crippen molar-refractivity contribution in [3.63, 3.8) is 0 Å². The van der Waals surface area contributed by atoms with Crippen molar-refractivity contribution < 1.29 is 23.5 Å². The van der Waals surface area contributed by atoms with Crippen LogP contribution < -0.4 is 5.32 Å². The lowest BCUT2D eigenvalue weighted by molar-refractivity contribution is -0.111. The maximum absolute atomic E-state index is 13.1. The molecule has 1 amide bonds. The molecule has 0 bridgehead atoms. The molecule has 150 valence electrons. The average Bonchev–Trinajstić information content (AvgIpc) is 3.02. The summed E-state index contributed by atoms with van der Waals surface area (Å²) in [6.45, 7) is 0. The van der Waals surface area contributed by atoms with Crippen molar-refractivity contribution in [3.8, 4) is 11.1 Å². The third-order valence-electron chi connectivity index (χ3n) is 4.02. The SMILES string of the molecule is Cn1cc(-c2ccc(F)cc2)c(/C=C/C(=O)Nc2ccc(CP(=O)(O)O)cc2)n1. The highest BCUT2D eigenvalue weighted by Crippen LogP contribution is 2.39. The van der Waals surface area contributed by atoms with Crippen molar-refractivity contribution in [1.29, 1.82) is 0 Å². The number of hydrogen-bond donors (Lipinski definition) is 3. The van der Waals surface area contributed by atoms with E-state index in [-0.39, 0.29) is 17.9 Å². The molecule has 0 saturated carbocycles. The zero-order valence-electron chi connectivity index (χ0n) is 15.5. The molecule has 0 aliphatic rings. The van der Waals surface area contributed by atoms with E-state index in [1.165, 1.54) is 18.2 Å². The van der Waals surface area contributed by atoms with E-state index < -0.39 is 7.60 Å². The molecule has 0 unspecified atom stereocenters. The number of halogens is 1. The first-order chi connectivity index (χ1) is 13.7. The van der Waals surface area contributed by atoms with E-state index in [2.05, 4.69) is 10.4 Å². The molecular formula is C20H19FN3O4P. The maximum Gasteiger partial charge on any atom is 0.329 e. The predicted octanol–water partition coefficient (Wildman–Crippen LogP) is 3.56. The third kappa shape index (κ3) is 5.96. The summed E-state index contributed by atoms with van der Waals surface area (Å²) in [4.78, 5) is 30.2. The standard InChI is InChI=1S/C20H19FN3O4P/c1-24-12-18(15-4-6-16(21)7-5-15)19(23-24)10-11-20(25)22-17-8-2-14(3-9-17)13-29(26,27)28/h2-12H,13H2,1H3,(H,22,25)(H2,26,27,28)/b11-10+. The molecule has 0 saturated heterocycles. The maximum atomic E-state index is 13.1. The molecule has 0 aliphatic carbocycles. The van der Waals surface area contributed by atoms with E-state index >= 15 is 0 Å². The van der Waals surface area contributed by atoms with Gasteiger partial charge in [0.2, 0.25) is 5.91 Å². The number of anilines is 1. The van der Waals surface area contributed by atoms with Crippen LogP contribution in [0.1, 0.15) is 11.3 Å². The van der Waals surface area contributed by atoms with Gasteiger partial charge < -0.3 is 15.1 Å². The fourth-order valence-corrected chi connectivity index (χ4v) is 3.44. The summed E-state index contributed by atoms with van der Waals surface area (Å²) in [6, 6.07) is 12.2. The first-order valence-electron chi connectivity index (χ1n) is 8.62. The highest BCUT2D eigenvalue weighted by molar-refractivity contribution is 7.50. The van der Waals surface area contributed by atoms with Gasteiger partial charge in [-0.1, -0.05) is 24.3 Å². The molecule has 29 heavy (non-hydrogen) atoms. The van der Waals surface area contributed by atoms with Gasteiger partial charge in [-0.15, -0.1) is 0 Å². The number of aromatic nitrogens is 2. The van der Waals surface area contributed by atoms with E-state index in [9.17, 15) is 13.8 Å². The van der Waals surface area contributed by atoms with Gasteiger partial charge in [-0.3, -0.25) is 14.0 Å². The average molecular weight is 415 g/mol. The monoisotopic (exact) mass is 415 g/mol. The predicted molar refractivity (Wildman–Crippen MR) is 108 cm³/mol. The summed E-state index contributed by atoms with van der Waals surface area (Å²) in [5.41, 5.74) is 3.07. The molecule has 9 heteroatoms. The molecule has 3 N–H and O–H groups in total. The summed E-state index contributed by atoms with van der Waals surface area (Å²) in [6.07, 6.45) is 4.33. The molecule has 3 rings (SSSR count). The van der Waals surface area contributed by atoms with Gasteiger partial charge in [-0.2, -0.15) is 5.10 Å². The Morgan fingerprint density at radius 2 is 1.83 bits per heavy atom. The number of hydrogen-bond acceptors (Lipinski definition) is 3. The number of nitrogens with one attached hydrogen (secondary N) is 1. The largest absolute Gasteiger partial charge is 0.329 e. The van der Waals surface area contributed by atoms with Crippen LogP contribution in [0.2, 0.25) is 0 Å². The van der Waals surface area contributed by atoms with Gasteiger partial charge in [-0.05, 0) is 41.5 Å². The highest BCUT2D eigenvalue weighted by atomic mass is 31.2. The van der Waals surface area contributed by atoms with Crippen LogP contribution in [0.15, 0.2) is 60.8 Å². The number of rotatable bonds is 6. The van der Waals surface area contributed by atoms with Gasteiger partial charge in [0.15, 0.2) is 0 Å². The Bertz CT molecular complexity index is 1090. The van der Waals surface area contributed by atoms with Gasteiger partial charge in [0.1, 0.15) is 5.82 Å². The summed E-state index contributed by atoms with van der Waals surface area (Å²) in [7, 11) is -2.38. The second-order valence-electron chi connectivity index (χ2n) is 6.45. The number of amides is 1. The molecule has 0 fully saturated rings. The Labute approximate surface area is 166 Å². The van der Waals surface area contributed by atoms with Gasteiger partial charge >= 0.3 is 7.60 Å². The van der Waals surface area contributed by atoms with Crippen molar-refractivity contribution in [1.82, 2.24) is 9.78 Å². The zero-order chi connectivity index (χ0) is 21.0. The van der Waals surface area contributed by atoms with Crippen LogP contribution in [-0.2, 0) is 22.6 Å². The number of carbonyl (C=O) groups is 1. The van der Waals surface area contributed by atoms with Crippen LogP contribution >= 0.6 is 7.60 Å². The fraction of sp³-hybridized carbons (Fsp3) is 0.100. The molecule has 1 aromatic heterocycles. The lowest BCUT2D eigenvalue weighted by Crippen LogP contribution is -2.07. The zero-order valence-corrected chi connectivity index (χ0v) is 16.4.